The summed E-state index contributed by atoms with van der Waals surface area (Å²) in [7, 11) is 3.69. The summed E-state index contributed by atoms with van der Waals surface area (Å²) in [5.74, 6) is -0.161. The van der Waals surface area contributed by atoms with Crippen molar-refractivity contribution in [1.82, 2.24) is 15.2 Å². The molecule has 0 atom stereocenters. The molecule has 0 aliphatic carbocycles. The van der Waals surface area contributed by atoms with Crippen molar-refractivity contribution in [3.63, 3.8) is 0 Å². The van der Waals surface area contributed by atoms with Gasteiger partial charge in [-0.05, 0) is 31.8 Å². The molecule has 6 nitrogen and oxygen atoms in total. The van der Waals surface area contributed by atoms with Crippen LogP contribution in [0.15, 0.2) is 60.0 Å². The number of hydrogen-bond donors (Lipinski definition) is 2. The molecule has 3 aromatic rings. The Morgan fingerprint density at radius 2 is 1.83 bits per heavy atom. The third-order valence-electron chi connectivity index (χ3n) is 4.07. The van der Waals surface area contributed by atoms with Gasteiger partial charge in [0, 0.05) is 23.2 Å². The molecule has 1 aromatic heterocycles. The van der Waals surface area contributed by atoms with Crippen LogP contribution in [-0.2, 0) is 22.6 Å². The molecule has 150 valence electrons. The van der Waals surface area contributed by atoms with Gasteiger partial charge in [0.05, 0.1) is 18.7 Å². The molecule has 7 heteroatoms. The second-order valence-electron chi connectivity index (χ2n) is 6.95. The Kier molecular flexibility index (Phi) is 7.10. The van der Waals surface area contributed by atoms with E-state index in [0.29, 0.717) is 13.1 Å². The highest BCUT2D eigenvalue weighted by molar-refractivity contribution is 7.13. The lowest BCUT2D eigenvalue weighted by Gasteiger charge is -2.11. The van der Waals surface area contributed by atoms with Gasteiger partial charge in [-0.1, -0.05) is 42.5 Å². The fourth-order valence-corrected chi connectivity index (χ4v) is 3.60. The molecule has 2 amide bonds. The summed E-state index contributed by atoms with van der Waals surface area (Å²) in [5.41, 5.74) is 3.45. The first-order valence-corrected chi connectivity index (χ1v) is 10.2. The van der Waals surface area contributed by atoms with Gasteiger partial charge in [0.25, 0.3) is 0 Å². The average Bonchev–Trinajstić information content (AvgIpc) is 3.15. The van der Waals surface area contributed by atoms with Crippen LogP contribution in [0, 0.1) is 0 Å². The number of carbonyl (C=O) groups is 2. The smallest absolute Gasteiger partial charge is 0.238 e. The summed E-state index contributed by atoms with van der Waals surface area (Å²) in [5, 5.41) is 8.60. The third kappa shape index (κ3) is 6.51. The van der Waals surface area contributed by atoms with E-state index < -0.39 is 0 Å². The van der Waals surface area contributed by atoms with Crippen LogP contribution >= 0.6 is 11.3 Å². The quantitative estimate of drug-likeness (QED) is 0.600. The number of nitrogens with one attached hydrogen (secondary N) is 2. The molecule has 0 saturated heterocycles. The van der Waals surface area contributed by atoms with Gasteiger partial charge in [0.1, 0.15) is 5.01 Å². The zero-order valence-corrected chi connectivity index (χ0v) is 17.3. The average molecular weight is 409 g/mol. The fourth-order valence-electron chi connectivity index (χ4n) is 2.78. The largest absolute Gasteiger partial charge is 0.352 e. The van der Waals surface area contributed by atoms with Gasteiger partial charge in [-0.2, -0.15) is 0 Å². The zero-order chi connectivity index (χ0) is 20.6. The van der Waals surface area contributed by atoms with Gasteiger partial charge in [-0.15, -0.1) is 11.3 Å². The highest BCUT2D eigenvalue weighted by Gasteiger charge is 2.09. The first-order valence-electron chi connectivity index (χ1n) is 9.29. The van der Waals surface area contributed by atoms with Crippen molar-refractivity contribution in [2.24, 2.45) is 0 Å². The lowest BCUT2D eigenvalue weighted by atomic mass is 10.2. The number of benzene rings is 2. The number of thiazole rings is 1. The van der Waals surface area contributed by atoms with Gasteiger partial charge < -0.3 is 15.5 Å². The number of amides is 2. The van der Waals surface area contributed by atoms with Gasteiger partial charge in [-0.25, -0.2) is 4.98 Å². The topological polar surface area (TPSA) is 74.3 Å². The van der Waals surface area contributed by atoms with Crippen LogP contribution < -0.4 is 10.6 Å². The standard InChI is InChI=1S/C22H24N4O2S/c1-26(2)14-21(28)24-18-10-6-7-16(11-18)13-23-20(27)12-19-15-29-22(25-19)17-8-4-3-5-9-17/h3-11,15H,12-14H2,1-2H3,(H,23,27)(H,24,28). The van der Waals surface area contributed by atoms with E-state index in [2.05, 4.69) is 15.6 Å². The lowest BCUT2D eigenvalue weighted by molar-refractivity contribution is -0.120. The molecular formula is C22H24N4O2S. The summed E-state index contributed by atoms with van der Waals surface area (Å²) in [6.07, 6.45) is 0.239. The fraction of sp³-hybridized carbons (Fsp3) is 0.227. The predicted octanol–water partition coefficient (Wildman–Crippen LogP) is 3.17. The summed E-state index contributed by atoms with van der Waals surface area (Å²) < 4.78 is 0. The molecule has 3 rings (SSSR count). The van der Waals surface area contributed by atoms with E-state index in [-0.39, 0.29) is 18.2 Å². The molecule has 1 heterocycles. The summed E-state index contributed by atoms with van der Waals surface area (Å²) >= 11 is 1.54. The number of nitrogens with zero attached hydrogens (tertiary/aromatic N) is 2. The van der Waals surface area contributed by atoms with Crippen molar-refractivity contribution in [3.05, 3.63) is 71.2 Å². The normalized spacial score (nSPS) is 10.7. The lowest BCUT2D eigenvalue weighted by Crippen LogP contribution is -2.27. The second-order valence-corrected chi connectivity index (χ2v) is 7.81. The van der Waals surface area contributed by atoms with Crippen molar-refractivity contribution < 1.29 is 9.59 Å². The van der Waals surface area contributed by atoms with Crippen molar-refractivity contribution >= 4 is 28.8 Å². The van der Waals surface area contributed by atoms with E-state index in [9.17, 15) is 9.59 Å². The molecule has 0 unspecified atom stereocenters. The number of carbonyl (C=O) groups excluding carboxylic acids is 2. The second kappa shape index (κ2) is 9.95. The first kappa shape index (κ1) is 20.7. The van der Waals surface area contributed by atoms with Crippen molar-refractivity contribution in [2.75, 3.05) is 26.0 Å². The molecule has 0 saturated carbocycles. The van der Waals surface area contributed by atoms with E-state index in [4.69, 9.17) is 0 Å². The number of rotatable bonds is 8. The van der Waals surface area contributed by atoms with Crippen LogP contribution in [0.1, 0.15) is 11.3 Å². The summed E-state index contributed by atoms with van der Waals surface area (Å²) in [4.78, 5) is 30.5. The highest BCUT2D eigenvalue weighted by atomic mass is 32.1. The van der Waals surface area contributed by atoms with Gasteiger partial charge in [-0.3, -0.25) is 9.59 Å². The Hall–Kier alpha value is -3.03. The summed E-state index contributed by atoms with van der Waals surface area (Å²) in [6.45, 7) is 0.714. The minimum atomic E-state index is -0.0861. The number of likely N-dealkylation sites (N-methyl/N-ethyl adjacent to an activating group) is 1. The van der Waals surface area contributed by atoms with Crippen LogP contribution in [0.4, 0.5) is 5.69 Å². The maximum absolute atomic E-state index is 12.3. The highest BCUT2D eigenvalue weighted by Crippen LogP contribution is 2.23. The molecule has 0 aliphatic rings. The van der Waals surface area contributed by atoms with Crippen LogP contribution in [-0.4, -0.2) is 42.3 Å². The molecule has 0 aliphatic heterocycles. The Labute approximate surface area is 174 Å². The predicted molar refractivity (Wildman–Crippen MR) is 117 cm³/mol. The zero-order valence-electron chi connectivity index (χ0n) is 16.5. The minimum Gasteiger partial charge on any atom is -0.352 e. The Bertz CT molecular complexity index is 970. The maximum atomic E-state index is 12.3. The SMILES string of the molecule is CN(C)CC(=O)Nc1cccc(CNC(=O)Cc2csc(-c3ccccc3)n2)c1. The number of anilines is 1. The van der Waals surface area contributed by atoms with Crippen molar-refractivity contribution in [1.29, 1.82) is 0 Å². The van der Waals surface area contributed by atoms with Crippen LogP contribution in [0.2, 0.25) is 0 Å². The molecular weight excluding hydrogens is 384 g/mol. The third-order valence-corrected chi connectivity index (χ3v) is 5.01. The van der Waals surface area contributed by atoms with Gasteiger partial charge in [0.2, 0.25) is 11.8 Å². The van der Waals surface area contributed by atoms with Crippen LogP contribution in [0.25, 0.3) is 10.6 Å². The van der Waals surface area contributed by atoms with Crippen molar-refractivity contribution in [2.45, 2.75) is 13.0 Å². The monoisotopic (exact) mass is 408 g/mol. The molecule has 0 spiro atoms. The van der Waals surface area contributed by atoms with E-state index in [0.717, 1.165) is 27.5 Å². The molecule has 2 N–H and O–H groups in total. The van der Waals surface area contributed by atoms with E-state index in [1.807, 2.05) is 74.1 Å². The van der Waals surface area contributed by atoms with E-state index >= 15 is 0 Å². The Morgan fingerprint density at radius 1 is 1.03 bits per heavy atom. The Morgan fingerprint density at radius 3 is 2.59 bits per heavy atom. The van der Waals surface area contributed by atoms with E-state index in [1.165, 1.54) is 11.3 Å². The van der Waals surface area contributed by atoms with Gasteiger partial charge in [0.15, 0.2) is 0 Å². The number of aromatic nitrogens is 1. The molecule has 0 bridgehead atoms. The van der Waals surface area contributed by atoms with Crippen molar-refractivity contribution in [3.8, 4) is 10.6 Å². The summed E-state index contributed by atoms with van der Waals surface area (Å²) in [6, 6.07) is 17.4. The minimum absolute atomic E-state index is 0.0751. The molecule has 0 fully saturated rings. The molecule has 29 heavy (non-hydrogen) atoms. The van der Waals surface area contributed by atoms with Gasteiger partial charge >= 0.3 is 0 Å². The van der Waals surface area contributed by atoms with E-state index in [1.54, 1.807) is 4.90 Å². The maximum Gasteiger partial charge on any atom is 0.238 e. The molecule has 0 radical (unpaired) electrons. The van der Waals surface area contributed by atoms with Crippen LogP contribution in [0.5, 0.6) is 0 Å². The molecule has 2 aromatic carbocycles. The first-order chi connectivity index (χ1) is 14.0. The van der Waals surface area contributed by atoms with Crippen LogP contribution in [0.3, 0.4) is 0 Å². The number of hydrogen-bond acceptors (Lipinski definition) is 5. The Balaban J connectivity index is 1.51.